The second-order valence-corrected chi connectivity index (χ2v) is 19.5. The van der Waals surface area contributed by atoms with Crippen LogP contribution in [0.1, 0.15) is 138 Å². The number of methoxy groups -OCH3 is 2. The third-order valence-corrected chi connectivity index (χ3v) is 12.4. The molecule has 6 atom stereocenters. The molecule has 0 aliphatic heterocycles. The molecule has 0 fully saturated rings. The number of nitrogens with one attached hydrogen (secondary N) is 1. The van der Waals surface area contributed by atoms with E-state index < -0.39 is 73.5 Å². The predicted molar refractivity (Wildman–Crippen MR) is 277 cm³/mol. The highest BCUT2D eigenvalue weighted by Crippen LogP contribution is 2.38. The first-order valence-corrected chi connectivity index (χ1v) is 24.9. The van der Waals surface area contributed by atoms with Crippen LogP contribution in [0.15, 0.2) is 60.9 Å². The van der Waals surface area contributed by atoms with Gasteiger partial charge in [0, 0.05) is 42.4 Å². The first-order chi connectivity index (χ1) is 35.7. The average molecular weight is 1070 g/mol. The SMILES string of the molecule is COc1ccnc(C(=O)N(C(C)[C@H](c2ccc(F)cc2C)C(C)C)[C@@H](C)C(=O)O)c1OCOC(=O)C(C)C.COc1ccnc(C(=O)N[C@@H](C)C(=O)O[C@@H](C)[C@H](c2ccc(F)cc2C)C(C)C)c1OCOC(=O)C(C)C. The molecule has 2 aromatic carbocycles. The second-order valence-electron chi connectivity index (χ2n) is 19.5. The molecule has 0 bridgehead atoms. The molecule has 2 aromatic heterocycles. The standard InChI is InChI=1S/2C28H37FN2O7/c1-15(2)23(21-10-9-20(29)13-17(21)5)19(7)38-28(34)18(6)31-26(32)24-25(22(35-8)11-12-30-24)36-14-37-27(33)16(3)4;1-15(2)23(21-10-9-20(29)13-17(21)5)18(6)31(19(7)27(33)34)26(32)24-25(22(36-8)11-12-30-24)37-14-38-28(35)16(3)4/h9-13,15-16,18-19,23H,14H2,1-8H3,(H,31,32);9-13,15-16,18-19,23H,14H2,1-8H3,(H,33,34)/t18-,19-,23+;18?,19-,23+/m00/s1. The van der Waals surface area contributed by atoms with Crippen molar-refractivity contribution in [1.82, 2.24) is 20.2 Å². The summed E-state index contributed by atoms with van der Waals surface area (Å²) in [6, 6.07) is 9.04. The van der Waals surface area contributed by atoms with E-state index in [1.165, 1.54) is 81.8 Å². The Bertz CT molecular complexity index is 2640. The van der Waals surface area contributed by atoms with E-state index >= 15 is 0 Å². The molecule has 416 valence electrons. The minimum Gasteiger partial charge on any atom is -0.493 e. The summed E-state index contributed by atoms with van der Waals surface area (Å²) in [4.78, 5) is 85.2. The summed E-state index contributed by atoms with van der Waals surface area (Å²) >= 11 is 0. The van der Waals surface area contributed by atoms with E-state index in [9.17, 15) is 42.7 Å². The van der Waals surface area contributed by atoms with Crippen molar-refractivity contribution in [3.05, 3.63) is 106 Å². The van der Waals surface area contributed by atoms with E-state index in [0.29, 0.717) is 5.56 Å². The lowest BCUT2D eigenvalue weighted by atomic mass is 9.80. The number of halogens is 2. The summed E-state index contributed by atoms with van der Waals surface area (Å²) in [5.41, 5.74) is 2.81. The van der Waals surface area contributed by atoms with Crippen molar-refractivity contribution >= 4 is 35.7 Å². The van der Waals surface area contributed by atoms with Gasteiger partial charge in [-0.05, 0) is 99.9 Å². The van der Waals surface area contributed by atoms with Crippen molar-refractivity contribution < 1.29 is 75.8 Å². The first kappa shape index (κ1) is 62.9. The van der Waals surface area contributed by atoms with Crippen molar-refractivity contribution in [1.29, 1.82) is 0 Å². The topological polar surface area (TPSA) is 228 Å². The van der Waals surface area contributed by atoms with E-state index in [0.717, 1.165) is 16.7 Å². The van der Waals surface area contributed by atoms with E-state index in [1.807, 2.05) is 34.6 Å². The van der Waals surface area contributed by atoms with Crippen molar-refractivity contribution in [3.63, 3.8) is 0 Å². The molecule has 2 amide bonds. The number of hydrogen-bond donors (Lipinski definition) is 2. The largest absolute Gasteiger partial charge is 0.493 e. The maximum atomic E-state index is 14.0. The lowest BCUT2D eigenvalue weighted by Crippen LogP contribution is -2.51. The van der Waals surface area contributed by atoms with Gasteiger partial charge < -0.3 is 48.5 Å². The van der Waals surface area contributed by atoms with Crippen molar-refractivity contribution in [2.24, 2.45) is 23.7 Å². The zero-order valence-electron chi connectivity index (χ0n) is 46.3. The van der Waals surface area contributed by atoms with Gasteiger partial charge in [-0.3, -0.25) is 19.2 Å². The third kappa shape index (κ3) is 16.8. The molecule has 4 rings (SSSR count). The lowest BCUT2D eigenvalue weighted by molar-refractivity contribution is -0.155. The van der Waals surface area contributed by atoms with Gasteiger partial charge >= 0.3 is 23.9 Å². The number of carboxylic acid groups (broad SMARTS) is 1. The molecule has 0 aliphatic carbocycles. The van der Waals surface area contributed by atoms with Crippen LogP contribution >= 0.6 is 0 Å². The molecule has 0 radical (unpaired) electrons. The molecule has 20 heteroatoms. The molecule has 1 unspecified atom stereocenters. The van der Waals surface area contributed by atoms with Crippen molar-refractivity contribution in [2.45, 2.75) is 133 Å². The highest BCUT2D eigenvalue weighted by atomic mass is 19.1. The number of pyridine rings is 2. The summed E-state index contributed by atoms with van der Waals surface area (Å²) in [6.45, 7) is 23.7. The first-order valence-electron chi connectivity index (χ1n) is 24.9. The van der Waals surface area contributed by atoms with Gasteiger partial charge in [0.25, 0.3) is 11.8 Å². The fourth-order valence-electron chi connectivity index (χ4n) is 8.57. The number of aromatic nitrogens is 2. The number of benzene rings is 2. The number of aliphatic carboxylic acids is 1. The van der Waals surface area contributed by atoms with Gasteiger partial charge in [-0.2, -0.15) is 0 Å². The van der Waals surface area contributed by atoms with Gasteiger partial charge in [-0.15, -0.1) is 0 Å². The molecule has 4 aromatic rings. The molecule has 0 aliphatic rings. The molecule has 2 heterocycles. The van der Waals surface area contributed by atoms with Gasteiger partial charge in [-0.1, -0.05) is 67.5 Å². The molecule has 0 saturated heterocycles. The van der Waals surface area contributed by atoms with Gasteiger partial charge in [0.1, 0.15) is 29.8 Å². The maximum absolute atomic E-state index is 14.0. The molecule has 2 N–H and O–H groups in total. The van der Waals surface area contributed by atoms with Crippen LogP contribution in [0.2, 0.25) is 0 Å². The molecular weight excluding hydrogens is 991 g/mol. The molecule has 76 heavy (non-hydrogen) atoms. The van der Waals surface area contributed by atoms with Crippen LogP contribution < -0.4 is 24.3 Å². The fourth-order valence-corrected chi connectivity index (χ4v) is 8.57. The van der Waals surface area contributed by atoms with Crippen LogP contribution in [-0.2, 0) is 33.4 Å². The maximum Gasteiger partial charge on any atom is 0.328 e. The Labute approximate surface area is 444 Å². The van der Waals surface area contributed by atoms with Crippen LogP contribution in [-0.4, -0.2) is 108 Å². The molecule has 0 spiro atoms. The van der Waals surface area contributed by atoms with Crippen LogP contribution in [0.4, 0.5) is 8.78 Å². The van der Waals surface area contributed by atoms with Crippen LogP contribution in [0.5, 0.6) is 23.0 Å². The Morgan fingerprint density at radius 1 is 0.618 bits per heavy atom. The predicted octanol–water partition coefficient (Wildman–Crippen LogP) is 9.38. The average Bonchev–Trinajstić information content (AvgIpc) is 3.35. The highest BCUT2D eigenvalue weighted by Gasteiger charge is 2.39. The zero-order chi connectivity index (χ0) is 57.3. The Hall–Kier alpha value is -7.38. The Kier molecular flexibility index (Phi) is 24.1. The number of nitrogens with zero attached hydrogens (tertiary/aromatic N) is 3. The molecule has 18 nitrogen and oxygen atoms in total. The summed E-state index contributed by atoms with van der Waals surface area (Å²) in [5, 5.41) is 12.5. The van der Waals surface area contributed by atoms with Gasteiger partial charge in [0.15, 0.2) is 34.4 Å². The van der Waals surface area contributed by atoms with Crippen LogP contribution in [0.3, 0.4) is 0 Å². The minimum atomic E-state index is -1.24. The Morgan fingerprint density at radius 2 is 1.05 bits per heavy atom. The number of hydrogen-bond acceptors (Lipinski definition) is 15. The minimum absolute atomic E-state index is 0.0325. The zero-order valence-corrected chi connectivity index (χ0v) is 46.3. The summed E-state index contributed by atoms with van der Waals surface area (Å²) in [6.07, 6.45) is 2.15. The quantitative estimate of drug-likeness (QED) is 0.0378. The van der Waals surface area contributed by atoms with Gasteiger partial charge in [-0.25, -0.2) is 28.3 Å². The smallest absolute Gasteiger partial charge is 0.328 e. The van der Waals surface area contributed by atoms with Crippen LogP contribution in [0.25, 0.3) is 0 Å². The highest BCUT2D eigenvalue weighted by molar-refractivity contribution is 5.99. The lowest BCUT2D eigenvalue weighted by Gasteiger charge is -2.39. The number of carboxylic acids is 1. The number of carbonyl (C=O) groups is 6. The fraction of sp³-hybridized carbons (Fsp3) is 0.500. The normalized spacial score (nSPS) is 13.5. The summed E-state index contributed by atoms with van der Waals surface area (Å²) in [7, 11) is 2.77. The monoisotopic (exact) mass is 1060 g/mol. The van der Waals surface area contributed by atoms with Gasteiger partial charge in [0.05, 0.1) is 26.1 Å². The third-order valence-electron chi connectivity index (χ3n) is 12.4. The Balaban J connectivity index is 0.000000400. The molecule has 0 saturated carbocycles. The number of esters is 3. The summed E-state index contributed by atoms with van der Waals surface area (Å²) < 4.78 is 65.1. The molecular formula is C56H74F2N4O14. The van der Waals surface area contributed by atoms with E-state index in [2.05, 4.69) is 15.3 Å². The number of ether oxygens (including phenoxy) is 7. The number of amides is 2. The number of rotatable bonds is 24. The van der Waals surface area contributed by atoms with E-state index in [4.69, 9.17) is 33.2 Å². The summed E-state index contributed by atoms with van der Waals surface area (Å²) in [5.74, 6) is -5.89. The number of aryl methyl sites for hydroxylation is 2. The Morgan fingerprint density at radius 3 is 1.46 bits per heavy atom. The van der Waals surface area contributed by atoms with E-state index in [-0.39, 0.29) is 81.5 Å². The van der Waals surface area contributed by atoms with Crippen molar-refractivity contribution in [2.75, 3.05) is 27.8 Å². The van der Waals surface area contributed by atoms with E-state index in [1.54, 1.807) is 60.6 Å². The van der Waals surface area contributed by atoms with Crippen LogP contribution in [0, 0.1) is 49.2 Å². The second kappa shape index (κ2) is 29.1. The van der Waals surface area contributed by atoms with Crippen molar-refractivity contribution in [3.8, 4) is 23.0 Å². The van der Waals surface area contributed by atoms with Gasteiger partial charge in [0.2, 0.25) is 13.6 Å². The number of carbonyl (C=O) groups excluding carboxylic acids is 5.